The van der Waals surface area contributed by atoms with Gasteiger partial charge in [0.25, 0.3) is 5.69 Å². The van der Waals surface area contributed by atoms with Gasteiger partial charge in [0.1, 0.15) is 0 Å². The lowest BCUT2D eigenvalue weighted by Crippen LogP contribution is -2.30. The van der Waals surface area contributed by atoms with Crippen LogP contribution in [0.15, 0.2) is 29.2 Å². The highest BCUT2D eigenvalue weighted by atomic mass is 32.2. The lowest BCUT2D eigenvalue weighted by molar-refractivity contribution is -0.384. The number of nitro benzene ring substituents is 1. The number of carboxylic acid groups (broad SMARTS) is 1. The Hall–Kier alpha value is -1.96. The first-order chi connectivity index (χ1) is 8.80. The molecule has 0 aliphatic carbocycles. The highest BCUT2D eigenvalue weighted by Gasteiger charge is 2.33. The minimum Gasteiger partial charge on any atom is -0.480 e. The van der Waals surface area contributed by atoms with Crippen molar-refractivity contribution in [1.82, 2.24) is 0 Å². The van der Waals surface area contributed by atoms with Gasteiger partial charge in [-0.15, -0.1) is 0 Å². The third-order valence-electron chi connectivity index (χ3n) is 2.58. The molecule has 7 nitrogen and oxygen atoms in total. The summed E-state index contributed by atoms with van der Waals surface area (Å²) in [5.74, 6) is -1.42. The second-order valence-corrected chi connectivity index (χ2v) is 6.04. The van der Waals surface area contributed by atoms with Gasteiger partial charge in [-0.25, -0.2) is 8.42 Å². The first-order valence-corrected chi connectivity index (χ1v) is 7.06. The summed E-state index contributed by atoms with van der Waals surface area (Å²) in [6, 6.07) is 4.19. The highest BCUT2D eigenvalue weighted by molar-refractivity contribution is 7.92. The smallest absolute Gasteiger partial charge is 0.322 e. The molecule has 0 bridgehead atoms. The van der Waals surface area contributed by atoms with E-state index in [9.17, 15) is 23.3 Å². The van der Waals surface area contributed by atoms with Crippen LogP contribution in [0.25, 0.3) is 0 Å². The van der Waals surface area contributed by atoms with Crippen LogP contribution in [0.4, 0.5) is 5.69 Å². The first-order valence-electron chi connectivity index (χ1n) is 5.52. The maximum atomic E-state index is 12.1. The Labute approximate surface area is 109 Å². The predicted molar refractivity (Wildman–Crippen MR) is 66.6 cm³/mol. The summed E-state index contributed by atoms with van der Waals surface area (Å²) in [7, 11) is -4.03. The molecule has 0 saturated carbocycles. The Kier molecular flexibility index (Phi) is 4.60. The minimum absolute atomic E-state index is 0.00530. The first kappa shape index (κ1) is 15.1. The predicted octanol–water partition coefficient (Wildman–Crippen LogP) is 1.62. The van der Waals surface area contributed by atoms with Crippen LogP contribution in [-0.4, -0.2) is 29.7 Å². The number of benzene rings is 1. The number of hydrogen-bond acceptors (Lipinski definition) is 5. The molecule has 1 unspecified atom stereocenters. The summed E-state index contributed by atoms with van der Waals surface area (Å²) in [5, 5.41) is 17.9. The van der Waals surface area contributed by atoms with E-state index in [1.54, 1.807) is 6.92 Å². The van der Waals surface area contributed by atoms with Crippen molar-refractivity contribution in [2.45, 2.75) is 29.9 Å². The molecule has 8 heteroatoms. The van der Waals surface area contributed by atoms with E-state index < -0.39 is 26.0 Å². The topological polar surface area (TPSA) is 115 Å². The number of carboxylic acids is 1. The molecule has 0 saturated heterocycles. The molecule has 1 atom stereocenters. The summed E-state index contributed by atoms with van der Waals surface area (Å²) in [6.45, 7) is 1.68. The normalized spacial score (nSPS) is 12.9. The van der Waals surface area contributed by atoms with E-state index >= 15 is 0 Å². The van der Waals surface area contributed by atoms with E-state index in [1.807, 2.05) is 0 Å². The van der Waals surface area contributed by atoms with Gasteiger partial charge in [0.05, 0.1) is 9.82 Å². The third kappa shape index (κ3) is 3.28. The zero-order valence-corrected chi connectivity index (χ0v) is 11.0. The second kappa shape index (κ2) is 5.79. The molecule has 1 rings (SSSR count). The monoisotopic (exact) mass is 287 g/mol. The van der Waals surface area contributed by atoms with Gasteiger partial charge in [-0.3, -0.25) is 14.9 Å². The summed E-state index contributed by atoms with van der Waals surface area (Å²) in [6.07, 6.45) is 0.401. The zero-order valence-electron chi connectivity index (χ0n) is 10.1. The Morgan fingerprint density at radius 3 is 2.26 bits per heavy atom. The second-order valence-electron chi connectivity index (χ2n) is 3.91. The fourth-order valence-corrected chi connectivity index (χ4v) is 3.25. The van der Waals surface area contributed by atoms with E-state index in [1.165, 1.54) is 0 Å². The summed E-state index contributed by atoms with van der Waals surface area (Å²) >= 11 is 0. The lowest BCUT2D eigenvalue weighted by atomic mass is 10.2. The number of carbonyl (C=O) groups is 1. The number of sulfone groups is 1. The van der Waals surface area contributed by atoms with Crippen LogP contribution < -0.4 is 0 Å². The maximum absolute atomic E-state index is 12.1. The molecule has 0 heterocycles. The van der Waals surface area contributed by atoms with E-state index in [-0.39, 0.29) is 17.0 Å². The fourth-order valence-electron chi connectivity index (χ4n) is 1.60. The van der Waals surface area contributed by atoms with Crippen molar-refractivity contribution in [1.29, 1.82) is 0 Å². The van der Waals surface area contributed by atoms with Crippen LogP contribution >= 0.6 is 0 Å². The molecular formula is C11H13NO6S. The van der Waals surface area contributed by atoms with Crippen LogP contribution in [0.1, 0.15) is 19.8 Å². The Morgan fingerprint density at radius 2 is 1.89 bits per heavy atom. The Balaban J connectivity index is 3.18. The SMILES string of the molecule is CCCC(C(=O)O)S(=O)(=O)c1ccc([N+](=O)[O-])cc1. The van der Waals surface area contributed by atoms with Gasteiger partial charge >= 0.3 is 5.97 Å². The summed E-state index contributed by atoms with van der Waals surface area (Å²) in [5.41, 5.74) is -0.249. The van der Waals surface area contributed by atoms with Gasteiger partial charge in [0.2, 0.25) is 0 Å². The van der Waals surface area contributed by atoms with E-state index in [0.29, 0.717) is 6.42 Å². The van der Waals surface area contributed by atoms with Crippen LogP contribution in [0.3, 0.4) is 0 Å². The number of aliphatic carboxylic acids is 1. The third-order valence-corrected chi connectivity index (χ3v) is 4.69. The quantitative estimate of drug-likeness (QED) is 0.628. The molecule has 104 valence electrons. The van der Waals surface area contributed by atoms with Gasteiger partial charge in [-0.2, -0.15) is 0 Å². The van der Waals surface area contributed by atoms with Gasteiger partial charge in [0, 0.05) is 12.1 Å². The van der Waals surface area contributed by atoms with Crippen molar-refractivity contribution in [3.05, 3.63) is 34.4 Å². The van der Waals surface area contributed by atoms with Crippen molar-refractivity contribution < 1.29 is 23.2 Å². The average Bonchev–Trinajstić information content (AvgIpc) is 2.35. The van der Waals surface area contributed by atoms with Gasteiger partial charge in [-0.1, -0.05) is 13.3 Å². The van der Waals surface area contributed by atoms with Crippen LogP contribution in [0, 0.1) is 10.1 Å². The molecule has 0 aromatic heterocycles. The minimum atomic E-state index is -4.03. The average molecular weight is 287 g/mol. The Bertz CT molecular complexity index is 578. The number of nitrogens with zero attached hydrogens (tertiary/aromatic N) is 1. The molecular weight excluding hydrogens is 274 g/mol. The molecule has 0 spiro atoms. The fraction of sp³-hybridized carbons (Fsp3) is 0.364. The van der Waals surface area contributed by atoms with Gasteiger partial charge in [0.15, 0.2) is 15.1 Å². The van der Waals surface area contributed by atoms with E-state index in [2.05, 4.69) is 0 Å². The number of nitro groups is 1. The summed E-state index contributed by atoms with van der Waals surface area (Å²) < 4.78 is 24.2. The van der Waals surface area contributed by atoms with Crippen molar-refractivity contribution in [2.75, 3.05) is 0 Å². The molecule has 0 fully saturated rings. The van der Waals surface area contributed by atoms with Crippen molar-refractivity contribution in [2.24, 2.45) is 0 Å². The van der Waals surface area contributed by atoms with Crippen LogP contribution in [-0.2, 0) is 14.6 Å². The Morgan fingerprint density at radius 1 is 1.37 bits per heavy atom. The molecule has 0 aliphatic heterocycles. The summed E-state index contributed by atoms with van der Waals surface area (Å²) in [4.78, 5) is 20.6. The molecule has 0 radical (unpaired) electrons. The number of hydrogen-bond donors (Lipinski definition) is 1. The molecule has 0 amide bonds. The molecule has 1 N–H and O–H groups in total. The van der Waals surface area contributed by atoms with Gasteiger partial charge in [-0.05, 0) is 18.6 Å². The van der Waals surface area contributed by atoms with E-state index in [4.69, 9.17) is 5.11 Å². The molecule has 19 heavy (non-hydrogen) atoms. The molecule has 1 aromatic carbocycles. The van der Waals surface area contributed by atoms with Crippen molar-refractivity contribution in [3.8, 4) is 0 Å². The standard InChI is InChI=1S/C11H13NO6S/c1-2-3-10(11(13)14)19(17,18)9-6-4-8(5-7-9)12(15)16/h4-7,10H,2-3H2,1H3,(H,13,14). The van der Waals surface area contributed by atoms with Crippen molar-refractivity contribution >= 4 is 21.5 Å². The molecule has 0 aliphatic rings. The van der Waals surface area contributed by atoms with E-state index in [0.717, 1.165) is 24.3 Å². The largest absolute Gasteiger partial charge is 0.480 e. The number of non-ortho nitro benzene ring substituents is 1. The van der Waals surface area contributed by atoms with Crippen LogP contribution in [0.5, 0.6) is 0 Å². The lowest BCUT2D eigenvalue weighted by Gasteiger charge is -2.12. The zero-order chi connectivity index (χ0) is 14.6. The van der Waals surface area contributed by atoms with Crippen LogP contribution in [0.2, 0.25) is 0 Å². The number of rotatable bonds is 6. The molecule has 1 aromatic rings. The highest BCUT2D eigenvalue weighted by Crippen LogP contribution is 2.22. The van der Waals surface area contributed by atoms with Gasteiger partial charge < -0.3 is 5.11 Å². The maximum Gasteiger partial charge on any atom is 0.322 e. The van der Waals surface area contributed by atoms with Crippen molar-refractivity contribution in [3.63, 3.8) is 0 Å².